The Bertz CT molecular complexity index is 883. The van der Waals surface area contributed by atoms with Gasteiger partial charge in [0.15, 0.2) is 0 Å². The first-order valence-electron chi connectivity index (χ1n) is 9.90. The first-order valence-corrected chi connectivity index (χ1v) is 9.90. The quantitative estimate of drug-likeness (QED) is 0.666. The zero-order chi connectivity index (χ0) is 19.2. The Labute approximate surface area is 166 Å². The molecule has 0 N–H and O–H groups in total. The molecule has 1 amide bonds. The number of rotatable bonds is 6. The number of imidazole rings is 1. The van der Waals surface area contributed by atoms with Gasteiger partial charge in [0.25, 0.3) is 0 Å². The van der Waals surface area contributed by atoms with Crippen molar-refractivity contribution < 1.29 is 4.79 Å². The van der Waals surface area contributed by atoms with Crippen molar-refractivity contribution in [2.75, 3.05) is 32.7 Å². The van der Waals surface area contributed by atoms with E-state index in [0.29, 0.717) is 6.42 Å². The molecule has 0 saturated carbocycles. The molecule has 1 aromatic heterocycles. The lowest BCUT2D eigenvalue weighted by Gasteiger charge is -2.35. The largest absolute Gasteiger partial charge is 0.340 e. The van der Waals surface area contributed by atoms with Gasteiger partial charge in [-0.15, -0.1) is 0 Å². The molecule has 144 valence electrons. The van der Waals surface area contributed by atoms with E-state index in [0.717, 1.165) is 56.2 Å². The highest BCUT2D eigenvalue weighted by Crippen LogP contribution is 2.17. The van der Waals surface area contributed by atoms with Gasteiger partial charge in [-0.05, 0) is 5.56 Å². The molecule has 0 aliphatic carbocycles. The third-order valence-electron chi connectivity index (χ3n) is 5.33. The number of aromatic nitrogens is 2. The summed E-state index contributed by atoms with van der Waals surface area (Å²) in [4.78, 5) is 21.5. The van der Waals surface area contributed by atoms with E-state index in [1.807, 2.05) is 65.8 Å². The average Bonchev–Trinajstić information content (AvgIpc) is 3.23. The zero-order valence-electron chi connectivity index (χ0n) is 16.1. The first kappa shape index (κ1) is 18.4. The zero-order valence-corrected chi connectivity index (χ0v) is 16.1. The second kappa shape index (κ2) is 8.85. The maximum absolute atomic E-state index is 12.5. The minimum atomic E-state index is 0.229. The lowest BCUT2D eigenvalue weighted by Crippen LogP contribution is -2.49. The van der Waals surface area contributed by atoms with Gasteiger partial charge in [-0.1, -0.05) is 60.7 Å². The molecule has 2 heterocycles. The van der Waals surface area contributed by atoms with Crippen LogP contribution in [0.15, 0.2) is 73.1 Å². The van der Waals surface area contributed by atoms with Crippen LogP contribution in [0.4, 0.5) is 0 Å². The molecule has 0 unspecified atom stereocenters. The highest BCUT2D eigenvalue weighted by molar-refractivity contribution is 5.78. The van der Waals surface area contributed by atoms with Gasteiger partial charge < -0.3 is 9.47 Å². The van der Waals surface area contributed by atoms with Crippen LogP contribution in [0.25, 0.3) is 11.4 Å². The van der Waals surface area contributed by atoms with Crippen LogP contribution in [0.2, 0.25) is 0 Å². The first-order chi connectivity index (χ1) is 13.8. The fourth-order valence-electron chi connectivity index (χ4n) is 3.69. The van der Waals surface area contributed by atoms with Crippen molar-refractivity contribution in [3.05, 3.63) is 78.6 Å². The molecule has 0 radical (unpaired) electrons. The average molecular weight is 374 g/mol. The van der Waals surface area contributed by atoms with Crippen LogP contribution in [0.5, 0.6) is 0 Å². The minimum absolute atomic E-state index is 0.229. The molecule has 5 nitrogen and oxygen atoms in total. The molecule has 28 heavy (non-hydrogen) atoms. The normalized spacial score (nSPS) is 14.9. The number of amides is 1. The van der Waals surface area contributed by atoms with Crippen molar-refractivity contribution in [3.63, 3.8) is 0 Å². The summed E-state index contributed by atoms with van der Waals surface area (Å²) in [6.07, 6.45) is 4.40. The van der Waals surface area contributed by atoms with E-state index in [9.17, 15) is 4.79 Å². The summed E-state index contributed by atoms with van der Waals surface area (Å²) < 4.78 is 2.21. The van der Waals surface area contributed by atoms with Crippen LogP contribution >= 0.6 is 0 Å². The van der Waals surface area contributed by atoms with Crippen molar-refractivity contribution >= 4 is 5.91 Å². The summed E-state index contributed by atoms with van der Waals surface area (Å²) >= 11 is 0. The van der Waals surface area contributed by atoms with E-state index in [1.54, 1.807) is 0 Å². The Morgan fingerprint density at radius 1 is 0.857 bits per heavy atom. The van der Waals surface area contributed by atoms with Crippen LogP contribution < -0.4 is 0 Å². The Hall–Kier alpha value is -2.92. The molecule has 0 atom stereocenters. The third-order valence-corrected chi connectivity index (χ3v) is 5.33. The van der Waals surface area contributed by atoms with Gasteiger partial charge >= 0.3 is 0 Å². The fourth-order valence-corrected chi connectivity index (χ4v) is 3.69. The highest BCUT2D eigenvalue weighted by atomic mass is 16.2. The maximum atomic E-state index is 12.5. The van der Waals surface area contributed by atoms with E-state index < -0.39 is 0 Å². The number of carbonyl (C=O) groups excluding carboxylic acids is 1. The molecule has 5 heteroatoms. The summed E-state index contributed by atoms with van der Waals surface area (Å²) in [6, 6.07) is 20.3. The van der Waals surface area contributed by atoms with Crippen LogP contribution in [0, 0.1) is 0 Å². The summed E-state index contributed by atoms with van der Waals surface area (Å²) in [5, 5.41) is 0. The van der Waals surface area contributed by atoms with Gasteiger partial charge in [-0.2, -0.15) is 0 Å². The van der Waals surface area contributed by atoms with Crippen LogP contribution in [0.3, 0.4) is 0 Å². The SMILES string of the molecule is O=C(Cc1ccccc1)N1CCN(CCn2ccnc2-c2ccccc2)CC1. The molecule has 2 aromatic carbocycles. The predicted octanol–water partition coefficient (Wildman–Crippen LogP) is 2.94. The molecule has 3 aromatic rings. The van der Waals surface area contributed by atoms with Crippen molar-refractivity contribution in [2.24, 2.45) is 0 Å². The van der Waals surface area contributed by atoms with Gasteiger partial charge in [-0.25, -0.2) is 4.98 Å². The van der Waals surface area contributed by atoms with E-state index in [1.165, 1.54) is 0 Å². The van der Waals surface area contributed by atoms with E-state index in [-0.39, 0.29) is 5.91 Å². The minimum Gasteiger partial charge on any atom is -0.340 e. The monoisotopic (exact) mass is 374 g/mol. The van der Waals surface area contributed by atoms with Gasteiger partial charge in [0, 0.05) is 57.2 Å². The highest BCUT2D eigenvalue weighted by Gasteiger charge is 2.21. The summed E-state index contributed by atoms with van der Waals surface area (Å²) in [5.74, 6) is 1.24. The lowest BCUT2D eigenvalue weighted by atomic mass is 10.1. The summed E-state index contributed by atoms with van der Waals surface area (Å²) in [7, 11) is 0. The summed E-state index contributed by atoms with van der Waals surface area (Å²) in [6.45, 7) is 5.34. The molecule has 1 fully saturated rings. The number of nitrogens with zero attached hydrogens (tertiary/aromatic N) is 4. The number of hydrogen-bond donors (Lipinski definition) is 0. The van der Waals surface area contributed by atoms with E-state index in [2.05, 4.69) is 26.6 Å². The Kier molecular flexibility index (Phi) is 5.83. The number of benzene rings is 2. The molecule has 0 bridgehead atoms. The van der Waals surface area contributed by atoms with Crippen LogP contribution in [-0.2, 0) is 17.8 Å². The van der Waals surface area contributed by atoms with Crippen molar-refractivity contribution in [3.8, 4) is 11.4 Å². The molecule has 1 aliphatic rings. The van der Waals surface area contributed by atoms with Crippen molar-refractivity contribution in [1.29, 1.82) is 0 Å². The van der Waals surface area contributed by atoms with Gasteiger partial charge in [0.05, 0.1) is 6.42 Å². The fraction of sp³-hybridized carbons (Fsp3) is 0.304. The van der Waals surface area contributed by atoms with Crippen LogP contribution in [-0.4, -0.2) is 58.0 Å². The van der Waals surface area contributed by atoms with E-state index >= 15 is 0 Å². The van der Waals surface area contributed by atoms with Crippen molar-refractivity contribution in [2.45, 2.75) is 13.0 Å². The molecule has 1 saturated heterocycles. The molecular weight excluding hydrogens is 348 g/mol. The summed E-state index contributed by atoms with van der Waals surface area (Å²) in [5.41, 5.74) is 2.23. The van der Waals surface area contributed by atoms with Gasteiger partial charge in [0.2, 0.25) is 5.91 Å². The topological polar surface area (TPSA) is 41.4 Å². The Morgan fingerprint density at radius 3 is 2.25 bits per heavy atom. The van der Waals surface area contributed by atoms with Crippen molar-refractivity contribution in [1.82, 2.24) is 19.4 Å². The number of piperazine rings is 1. The molecule has 1 aliphatic heterocycles. The predicted molar refractivity (Wildman–Crippen MR) is 111 cm³/mol. The lowest BCUT2D eigenvalue weighted by molar-refractivity contribution is -0.132. The second-order valence-electron chi connectivity index (χ2n) is 7.20. The molecular formula is C23H26N4O. The molecule has 4 rings (SSSR count). The van der Waals surface area contributed by atoms with Gasteiger partial charge in [-0.3, -0.25) is 9.69 Å². The van der Waals surface area contributed by atoms with E-state index in [4.69, 9.17) is 0 Å². The standard InChI is InChI=1S/C23H26N4O/c28-22(19-20-7-3-1-4-8-20)26-16-13-25(14-17-26)15-18-27-12-11-24-23(27)21-9-5-2-6-10-21/h1-12H,13-19H2. The third kappa shape index (κ3) is 4.49. The Balaban J connectivity index is 1.27. The number of carbonyl (C=O) groups is 1. The maximum Gasteiger partial charge on any atom is 0.227 e. The second-order valence-corrected chi connectivity index (χ2v) is 7.20. The van der Waals surface area contributed by atoms with Gasteiger partial charge in [0.1, 0.15) is 5.82 Å². The smallest absolute Gasteiger partial charge is 0.227 e. The molecule has 0 spiro atoms. The van der Waals surface area contributed by atoms with Crippen LogP contribution in [0.1, 0.15) is 5.56 Å². The Morgan fingerprint density at radius 2 is 1.54 bits per heavy atom. The number of hydrogen-bond acceptors (Lipinski definition) is 3.